The summed E-state index contributed by atoms with van der Waals surface area (Å²) in [6.45, 7) is 5.76. The van der Waals surface area contributed by atoms with Crippen LogP contribution in [0, 0.1) is 18.3 Å². The maximum atomic E-state index is 8.82. The zero-order chi connectivity index (χ0) is 11.5. The largest absolute Gasteiger partial charge is 0.468 e. The molecular weight excluding hydrogens is 208 g/mol. The average Bonchev–Trinajstić information content (AvgIpc) is 2.51. The topological polar surface area (TPSA) is 62.9 Å². The quantitative estimate of drug-likeness (QED) is 0.799. The fraction of sp³-hybridized carbons (Fsp3) is 0.545. The Morgan fingerprint density at radius 3 is 2.87 bits per heavy atom. The SMILES string of the molecule is Cc1occc1SC(C)CC(C)(N)C#N. The number of rotatable bonds is 4. The maximum absolute atomic E-state index is 8.82. The number of hydrogen-bond donors (Lipinski definition) is 1. The Kier molecular flexibility index (Phi) is 3.83. The van der Waals surface area contributed by atoms with Crippen molar-refractivity contribution in [3.63, 3.8) is 0 Å². The molecule has 0 bridgehead atoms. The van der Waals surface area contributed by atoms with Gasteiger partial charge in [0.05, 0.1) is 12.3 Å². The van der Waals surface area contributed by atoms with Gasteiger partial charge in [-0.05, 0) is 26.3 Å². The molecule has 82 valence electrons. The summed E-state index contributed by atoms with van der Waals surface area (Å²) in [6, 6.07) is 4.05. The van der Waals surface area contributed by atoms with Gasteiger partial charge in [-0.15, -0.1) is 11.8 Å². The molecule has 0 radical (unpaired) electrons. The Balaban J connectivity index is 2.55. The molecule has 1 aromatic rings. The van der Waals surface area contributed by atoms with Crippen LogP contribution >= 0.6 is 11.8 Å². The molecule has 4 heteroatoms. The van der Waals surface area contributed by atoms with E-state index >= 15 is 0 Å². The molecular formula is C11H16N2OS. The van der Waals surface area contributed by atoms with Gasteiger partial charge in [0.2, 0.25) is 0 Å². The second kappa shape index (κ2) is 4.73. The number of thioether (sulfide) groups is 1. The molecule has 1 heterocycles. The maximum Gasteiger partial charge on any atom is 0.114 e. The van der Waals surface area contributed by atoms with Crippen molar-refractivity contribution in [1.82, 2.24) is 0 Å². The van der Waals surface area contributed by atoms with E-state index in [-0.39, 0.29) is 0 Å². The second-order valence-electron chi connectivity index (χ2n) is 4.00. The first-order valence-corrected chi connectivity index (χ1v) is 5.73. The van der Waals surface area contributed by atoms with Gasteiger partial charge >= 0.3 is 0 Å². The first-order valence-electron chi connectivity index (χ1n) is 4.85. The fourth-order valence-electron chi connectivity index (χ4n) is 1.40. The Morgan fingerprint density at radius 2 is 2.40 bits per heavy atom. The third-order valence-electron chi connectivity index (χ3n) is 2.11. The fourth-order valence-corrected chi connectivity index (χ4v) is 2.61. The Bertz CT molecular complexity index is 365. The van der Waals surface area contributed by atoms with E-state index < -0.39 is 5.54 Å². The molecule has 0 saturated heterocycles. The third-order valence-corrected chi connectivity index (χ3v) is 3.35. The van der Waals surface area contributed by atoms with Gasteiger partial charge in [-0.3, -0.25) is 0 Å². The lowest BCUT2D eigenvalue weighted by Gasteiger charge is -2.19. The highest BCUT2D eigenvalue weighted by atomic mass is 32.2. The van der Waals surface area contributed by atoms with E-state index in [1.807, 2.05) is 13.0 Å². The highest BCUT2D eigenvalue weighted by molar-refractivity contribution is 8.00. The zero-order valence-corrected chi connectivity index (χ0v) is 10.1. The van der Waals surface area contributed by atoms with Crippen molar-refractivity contribution in [2.24, 2.45) is 5.73 Å². The van der Waals surface area contributed by atoms with Crippen LogP contribution in [0.25, 0.3) is 0 Å². The van der Waals surface area contributed by atoms with Gasteiger partial charge in [0, 0.05) is 10.1 Å². The van der Waals surface area contributed by atoms with Crippen LogP contribution in [0.4, 0.5) is 0 Å². The molecule has 0 aliphatic rings. The van der Waals surface area contributed by atoms with E-state index in [0.29, 0.717) is 11.7 Å². The van der Waals surface area contributed by atoms with Crippen LogP contribution in [-0.2, 0) is 0 Å². The van der Waals surface area contributed by atoms with E-state index in [0.717, 1.165) is 10.7 Å². The lowest BCUT2D eigenvalue weighted by atomic mass is 10.00. The lowest BCUT2D eigenvalue weighted by molar-refractivity contribution is 0.525. The summed E-state index contributed by atoms with van der Waals surface area (Å²) in [6.07, 6.45) is 2.34. The third kappa shape index (κ3) is 3.61. The van der Waals surface area contributed by atoms with Crippen LogP contribution in [0.2, 0.25) is 0 Å². The number of nitrogens with two attached hydrogens (primary N) is 1. The number of nitrogens with zero attached hydrogens (tertiary/aromatic N) is 1. The first-order chi connectivity index (χ1) is 6.94. The predicted molar refractivity (Wildman–Crippen MR) is 61.6 cm³/mol. The number of aryl methyl sites for hydroxylation is 1. The standard InChI is InChI=1S/C11H16N2OS/c1-8(6-11(3,13)7-12)15-10-4-5-14-9(10)2/h4-5,8H,6,13H2,1-3H3. The molecule has 0 aliphatic heterocycles. The van der Waals surface area contributed by atoms with Gasteiger partial charge in [-0.1, -0.05) is 6.92 Å². The molecule has 0 aliphatic carbocycles. The molecule has 15 heavy (non-hydrogen) atoms. The molecule has 0 saturated carbocycles. The van der Waals surface area contributed by atoms with Crippen LogP contribution < -0.4 is 5.73 Å². The first kappa shape index (κ1) is 12.2. The summed E-state index contributed by atoms with van der Waals surface area (Å²) in [5.41, 5.74) is 5.04. The van der Waals surface area contributed by atoms with Crippen LogP contribution in [0.3, 0.4) is 0 Å². The molecule has 3 nitrogen and oxygen atoms in total. The average molecular weight is 224 g/mol. The Labute approximate surface area is 94.6 Å². The summed E-state index contributed by atoms with van der Waals surface area (Å²) in [5.74, 6) is 0.919. The van der Waals surface area contributed by atoms with Crippen molar-refractivity contribution in [1.29, 1.82) is 5.26 Å². The van der Waals surface area contributed by atoms with E-state index in [1.165, 1.54) is 0 Å². The van der Waals surface area contributed by atoms with Crippen LogP contribution in [0.1, 0.15) is 26.0 Å². The summed E-state index contributed by atoms with van der Waals surface area (Å²) < 4.78 is 5.20. The monoisotopic (exact) mass is 224 g/mol. The Hall–Kier alpha value is -0.920. The van der Waals surface area contributed by atoms with Gasteiger partial charge in [-0.25, -0.2) is 0 Å². The summed E-state index contributed by atoms with van der Waals surface area (Å²) in [5, 5.41) is 9.12. The highest BCUT2D eigenvalue weighted by Crippen LogP contribution is 2.30. The van der Waals surface area contributed by atoms with E-state index in [1.54, 1.807) is 24.9 Å². The molecule has 1 rings (SSSR count). The number of nitriles is 1. The smallest absolute Gasteiger partial charge is 0.114 e. The molecule has 2 N–H and O–H groups in total. The van der Waals surface area contributed by atoms with E-state index in [9.17, 15) is 0 Å². The van der Waals surface area contributed by atoms with Crippen LogP contribution in [0.5, 0.6) is 0 Å². The van der Waals surface area contributed by atoms with E-state index in [4.69, 9.17) is 15.4 Å². The zero-order valence-electron chi connectivity index (χ0n) is 9.28. The lowest BCUT2D eigenvalue weighted by Crippen LogP contribution is -2.36. The van der Waals surface area contributed by atoms with Crippen LogP contribution in [0.15, 0.2) is 21.6 Å². The van der Waals surface area contributed by atoms with Crippen molar-refractivity contribution in [2.75, 3.05) is 0 Å². The van der Waals surface area contributed by atoms with Gasteiger partial charge in [0.15, 0.2) is 0 Å². The van der Waals surface area contributed by atoms with Crippen molar-refractivity contribution in [3.8, 4) is 6.07 Å². The van der Waals surface area contributed by atoms with Gasteiger partial charge in [0.25, 0.3) is 0 Å². The molecule has 0 fully saturated rings. The molecule has 0 amide bonds. The van der Waals surface area contributed by atoms with Crippen molar-refractivity contribution < 1.29 is 4.42 Å². The van der Waals surface area contributed by atoms with Gasteiger partial charge in [-0.2, -0.15) is 5.26 Å². The minimum atomic E-state index is -0.746. The molecule has 0 aromatic carbocycles. The molecule has 2 unspecified atom stereocenters. The molecule has 2 atom stereocenters. The minimum Gasteiger partial charge on any atom is -0.468 e. The second-order valence-corrected chi connectivity index (χ2v) is 5.48. The molecule has 1 aromatic heterocycles. The van der Waals surface area contributed by atoms with Crippen molar-refractivity contribution in [2.45, 2.75) is 42.9 Å². The predicted octanol–water partition coefficient (Wildman–Crippen LogP) is 2.70. The number of furan rings is 1. The van der Waals surface area contributed by atoms with Crippen molar-refractivity contribution in [3.05, 3.63) is 18.1 Å². The van der Waals surface area contributed by atoms with Crippen molar-refractivity contribution >= 4 is 11.8 Å². The normalized spacial score (nSPS) is 16.7. The molecule has 0 spiro atoms. The van der Waals surface area contributed by atoms with Gasteiger partial charge in [0.1, 0.15) is 11.3 Å². The number of hydrogen-bond acceptors (Lipinski definition) is 4. The van der Waals surface area contributed by atoms with E-state index in [2.05, 4.69) is 13.0 Å². The summed E-state index contributed by atoms with van der Waals surface area (Å²) >= 11 is 1.69. The summed E-state index contributed by atoms with van der Waals surface area (Å²) in [4.78, 5) is 1.12. The highest BCUT2D eigenvalue weighted by Gasteiger charge is 2.22. The summed E-state index contributed by atoms with van der Waals surface area (Å²) in [7, 11) is 0. The Morgan fingerprint density at radius 1 is 1.73 bits per heavy atom. The minimum absolute atomic E-state index is 0.302. The van der Waals surface area contributed by atoms with Gasteiger partial charge < -0.3 is 10.2 Å². The van der Waals surface area contributed by atoms with Crippen LogP contribution in [-0.4, -0.2) is 10.8 Å².